The van der Waals surface area contributed by atoms with Gasteiger partial charge in [0.25, 0.3) is 5.69 Å². The van der Waals surface area contributed by atoms with E-state index in [2.05, 4.69) is 4.98 Å². The van der Waals surface area contributed by atoms with Crippen molar-refractivity contribution in [3.8, 4) is 45.4 Å². The predicted octanol–water partition coefficient (Wildman–Crippen LogP) is 5.34. The van der Waals surface area contributed by atoms with Crippen molar-refractivity contribution in [2.24, 2.45) is 0 Å². The second-order valence-corrected chi connectivity index (χ2v) is 6.55. The number of nitrogens with one attached hydrogen (secondary N) is 1. The Morgan fingerprint density at radius 1 is 0.900 bits per heavy atom. The van der Waals surface area contributed by atoms with Gasteiger partial charge < -0.3 is 14.5 Å². The Hall–Kier alpha value is -4.13. The van der Waals surface area contributed by atoms with E-state index in [1.54, 1.807) is 13.2 Å². The second-order valence-electron chi connectivity index (χ2n) is 6.55. The summed E-state index contributed by atoms with van der Waals surface area (Å²) in [4.78, 5) is 19.1. The third kappa shape index (κ3) is 3.60. The van der Waals surface area contributed by atoms with Crippen LogP contribution < -0.4 is 9.47 Å². The molecule has 0 saturated carbocycles. The molecule has 0 amide bonds. The lowest BCUT2D eigenvalue weighted by Crippen LogP contribution is -1.94. The van der Waals surface area contributed by atoms with Gasteiger partial charge in [0.05, 0.1) is 30.5 Å². The van der Waals surface area contributed by atoms with Crippen LogP contribution >= 0.6 is 0 Å². The van der Waals surface area contributed by atoms with E-state index in [4.69, 9.17) is 14.5 Å². The first kappa shape index (κ1) is 19.2. The highest BCUT2D eigenvalue weighted by atomic mass is 16.6. The molecule has 3 aromatic carbocycles. The van der Waals surface area contributed by atoms with Gasteiger partial charge in [0, 0.05) is 28.8 Å². The van der Waals surface area contributed by atoms with E-state index in [-0.39, 0.29) is 5.69 Å². The summed E-state index contributed by atoms with van der Waals surface area (Å²) in [7, 11) is 3.15. The van der Waals surface area contributed by atoms with E-state index in [1.165, 1.54) is 19.2 Å². The number of hydrogen-bond acceptors (Lipinski definition) is 5. The molecular formula is C23H19N3O4. The maximum absolute atomic E-state index is 11.4. The van der Waals surface area contributed by atoms with E-state index in [0.29, 0.717) is 28.5 Å². The summed E-state index contributed by atoms with van der Waals surface area (Å²) in [5.41, 5.74) is 3.62. The van der Waals surface area contributed by atoms with Crippen molar-refractivity contribution in [2.45, 2.75) is 0 Å². The Balaban J connectivity index is 1.93. The van der Waals surface area contributed by atoms with E-state index < -0.39 is 4.92 Å². The molecular weight excluding hydrogens is 382 g/mol. The zero-order valence-corrected chi connectivity index (χ0v) is 16.5. The van der Waals surface area contributed by atoms with Crippen molar-refractivity contribution in [3.63, 3.8) is 0 Å². The quantitative estimate of drug-likeness (QED) is 0.348. The third-order valence-electron chi connectivity index (χ3n) is 4.78. The first-order valence-corrected chi connectivity index (χ1v) is 9.23. The summed E-state index contributed by atoms with van der Waals surface area (Å²) < 4.78 is 10.7. The van der Waals surface area contributed by atoms with Crippen LogP contribution in [0.1, 0.15) is 0 Å². The number of nitro benzene ring substituents is 1. The molecule has 0 radical (unpaired) electrons. The summed E-state index contributed by atoms with van der Waals surface area (Å²) in [6.07, 6.45) is 0. The molecule has 150 valence electrons. The van der Waals surface area contributed by atoms with Crippen LogP contribution in [-0.2, 0) is 0 Å². The number of rotatable bonds is 6. The molecule has 0 aliphatic heterocycles. The van der Waals surface area contributed by atoms with Crippen LogP contribution in [0.15, 0.2) is 72.8 Å². The normalized spacial score (nSPS) is 10.6. The van der Waals surface area contributed by atoms with Crippen LogP contribution in [0.2, 0.25) is 0 Å². The highest BCUT2D eigenvalue weighted by Crippen LogP contribution is 2.39. The largest absolute Gasteiger partial charge is 0.497 e. The van der Waals surface area contributed by atoms with Gasteiger partial charge in [-0.3, -0.25) is 10.1 Å². The molecule has 1 heterocycles. The van der Waals surface area contributed by atoms with E-state index in [0.717, 1.165) is 16.9 Å². The zero-order valence-electron chi connectivity index (χ0n) is 16.5. The Labute approximate surface area is 173 Å². The summed E-state index contributed by atoms with van der Waals surface area (Å²) in [6.45, 7) is 0. The molecule has 0 aliphatic rings. The van der Waals surface area contributed by atoms with Gasteiger partial charge in [-0.15, -0.1) is 0 Å². The lowest BCUT2D eigenvalue weighted by atomic mass is 10.0. The smallest absolute Gasteiger partial charge is 0.270 e. The summed E-state index contributed by atoms with van der Waals surface area (Å²) in [6, 6.07) is 21.7. The topological polar surface area (TPSA) is 90.3 Å². The highest BCUT2D eigenvalue weighted by molar-refractivity contribution is 5.84. The maximum atomic E-state index is 11.4. The number of methoxy groups -OCH3 is 2. The molecule has 7 nitrogen and oxygen atoms in total. The lowest BCUT2D eigenvalue weighted by molar-refractivity contribution is -0.384. The summed E-state index contributed by atoms with van der Waals surface area (Å²) in [5, 5.41) is 11.4. The van der Waals surface area contributed by atoms with Crippen molar-refractivity contribution in [1.82, 2.24) is 9.97 Å². The average molecular weight is 401 g/mol. The Bertz CT molecular complexity index is 1190. The number of aromatic nitrogens is 2. The first-order valence-electron chi connectivity index (χ1n) is 9.23. The molecule has 0 spiro atoms. The number of nitro groups is 1. The molecule has 0 atom stereocenters. The van der Waals surface area contributed by atoms with E-state index >= 15 is 0 Å². The van der Waals surface area contributed by atoms with E-state index in [9.17, 15) is 10.1 Å². The molecule has 0 saturated heterocycles. The number of imidazole rings is 1. The van der Waals surface area contributed by atoms with Crippen LogP contribution in [0.25, 0.3) is 33.9 Å². The molecule has 1 aromatic heterocycles. The number of ether oxygens (including phenoxy) is 2. The van der Waals surface area contributed by atoms with Gasteiger partial charge >= 0.3 is 0 Å². The fraction of sp³-hybridized carbons (Fsp3) is 0.0870. The zero-order chi connectivity index (χ0) is 21.1. The summed E-state index contributed by atoms with van der Waals surface area (Å²) >= 11 is 0. The molecule has 0 fully saturated rings. The predicted molar refractivity (Wildman–Crippen MR) is 115 cm³/mol. The molecule has 30 heavy (non-hydrogen) atoms. The molecule has 4 rings (SSSR count). The van der Waals surface area contributed by atoms with Gasteiger partial charge in [0.1, 0.15) is 17.3 Å². The van der Waals surface area contributed by atoms with Crippen LogP contribution in [0, 0.1) is 10.1 Å². The standard InChI is InChI=1S/C23H19N3O4/c1-29-18-11-8-16(9-12-18)23-24-21(15-6-4-3-5-7-15)22(25-23)19-14-17(26(27)28)10-13-20(19)30-2/h3-14H,1-2H3,(H,24,25). The first-order chi connectivity index (χ1) is 14.6. The van der Waals surface area contributed by atoms with Crippen molar-refractivity contribution in [1.29, 1.82) is 0 Å². The van der Waals surface area contributed by atoms with Gasteiger partial charge in [-0.1, -0.05) is 30.3 Å². The monoisotopic (exact) mass is 401 g/mol. The van der Waals surface area contributed by atoms with Crippen LogP contribution in [0.5, 0.6) is 11.5 Å². The third-order valence-corrected chi connectivity index (χ3v) is 4.78. The Kier molecular flexibility index (Phi) is 5.17. The van der Waals surface area contributed by atoms with Crippen molar-refractivity contribution >= 4 is 5.69 Å². The lowest BCUT2D eigenvalue weighted by Gasteiger charge is -2.09. The minimum atomic E-state index is -0.425. The number of H-pyrrole nitrogens is 1. The number of hydrogen-bond donors (Lipinski definition) is 1. The number of nitrogens with zero attached hydrogens (tertiary/aromatic N) is 2. The van der Waals surface area contributed by atoms with Gasteiger partial charge in [-0.2, -0.15) is 0 Å². The molecule has 0 unspecified atom stereocenters. The Morgan fingerprint density at radius 3 is 2.27 bits per heavy atom. The van der Waals surface area contributed by atoms with Crippen LogP contribution in [-0.4, -0.2) is 29.1 Å². The van der Waals surface area contributed by atoms with Gasteiger partial charge in [0.15, 0.2) is 0 Å². The van der Waals surface area contributed by atoms with Crippen molar-refractivity contribution in [2.75, 3.05) is 14.2 Å². The maximum Gasteiger partial charge on any atom is 0.270 e. The number of aromatic amines is 1. The van der Waals surface area contributed by atoms with Gasteiger partial charge in [-0.25, -0.2) is 4.98 Å². The van der Waals surface area contributed by atoms with Crippen LogP contribution in [0.4, 0.5) is 5.69 Å². The average Bonchev–Trinajstić information content (AvgIpc) is 3.24. The van der Waals surface area contributed by atoms with Gasteiger partial charge in [-0.05, 0) is 30.3 Å². The van der Waals surface area contributed by atoms with Crippen molar-refractivity contribution < 1.29 is 14.4 Å². The molecule has 4 aromatic rings. The van der Waals surface area contributed by atoms with Crippen molar-refractivity contribution in [3.05, 3.63) is 82.9 Å². The molecule has 7 heteroatoms. The number of non-ortho nitro benzene ring substituents is 1. The van der Waals surface area contributed by atoms with E-state index in [1.807, 2.05) is 54.6 Å². The fourth-order valence-corrected chi connectivity index (χ4v) is 3.26. The summed E-state index contributed by atoms with van der Waals surface area (Å²) in [5.74, 6) is 1.90. The SMILES string of the molecule is COc1ccc(-c2nc(-c3ccccc3)c(-c3cc([N+](=O)[O-])ccc3OC)[nH]2)cc1. The molecule has 0 aliphatic carbocycles. The van der Waals surface area contributed by atoms with Crippen LogP contribution in [0.3, 0.4) is 0 Å². The minimum absolute atomic E-state index is 0.0228. The minimum Gasteiger partial charge on any atom is -0.497 e. The Morgan fingerprint density at radius 2 is 1.63 bits per heavy atom. The highest BCUT2D eigenvalue weighted by Gasteiger charge is 2.21. The molecule has 0 bridgehead atoms. The second kappa shape index (κ2) is 8.08. The van der Waals surface area contributed by atoms with Gasteiger partial charge in [0.2, 0.25) is 0 Å². The molecule has 1 N–H and O–H groups in total. The number of benzene rings is 3. The fourth-order valence-electron chi connectivity index (χ4n) is 3.26.